The lowest BCUT2D eigenvalue weighted by Gasteiger charge is -2.53. The highest BCUT2D eigenvalue weighted by molar-refractivity contribution is 5.82. The fraction of sp³-hybridized carbons (Fsp3) is 0.933. The third kappa shape index (κ3) is 2.16. The van der Waals surface area contributed by atoms with E-state index in [2.05, 4.69) is 0 Å². The Labute approximate surface area is 104 Å². The summed E-state index contributed by atoms with van der Waals surface area (Å²) in [5.41, 5.74) is 0. The van der Waals surface area contributed by atoms with Crippen LogP contribution in [-0.2, 0) is 9.53 Å². The highest BCUT2D eigenvalue weighted by Crippen LogP contribution is 2.56. The smallest absolute Gasteiger partial charge is 0.136 e. The maximum atomic E-state index is 12.4. The lowest BCUT2D eigenvalue weighted by Crippen LogP contribution is -2.48. The van der Waals surface area contributed by atoms with Gasteiger partial charge in [0.25, 0.3) is 0 Å². The van der Waals surface area contributed by atoms with Crippen LogP contribution in [0.1, 0.15) is 44.9 Å². The van der Waals surface area contributed by atoms with E-state index in [4.69, 9.17) is 4.74 Å². The minimum atomic E-state index is 0.430. The summed E-state index contributed by atoms with van der Waals surface area (Å²) in [5.74, 6) is 4.43. The highest BCUT2D eigenvalue weighted by Gasteiger charge is 2.50. The number of carbonyl (C=O) groups is 1. The maximum absolute atomic E-state index is 12.4. The zero-order valence-corrected chi connectivity index (χ0v) is 10.9. The van der Waals surface area contributed by atoms with Gasteiger partial charge in [-0.15, -0.1) is 0 Å². The monoisotopic (exact) mass is 236 g/mol. The van der Waals surface area contributed by atoms with Crippen LogP contribution < -0.4 is 0 Å². The second-order valence-corrected chi connectivity index (χ2v) is 6.52. The molecule has 0 amide bonds. The lowest BCUT2D eigenvalue weighted by molar-refractivity contribution is -0.136. The minimum Gasteiger partial charge on any atom is -0.385 e. The first kappa shape index (κ1) is 11.7. The SMILES string of the molecule is COCCCC(=O)C1C2CC3CC(C2)CC1C3. The normalized spacial score (nSPS) is 43.0. The van der Waals surface area contributed by atoms with Crippen LogP contribution in [0.4, 0.5) is 0 Å². The molecular formula is C15H24O2. The number of ether oxygens (including phenoxy) is 1. The molecule has 0 spiro atoms. The largest absolute Gasteiger partial charge is 0.385 e. The molecule has 17 heavy (non-hydrogen) atoms. The molecule has 0 radical (unpaired) electrons. The van der Waals surface area contributed by atoms with Crippen LogP contribution in [0.2, 0.25) is 0 Å². The Bertz CT molecular complexity index is 269. The van der Waals surface area contributed by atoms with Crippen molar-refractivity contribution >= 4 is 5.78 Å². The van der Waals surface area contributed by atoms with E-state index in [1.54, 1.807) is 7.11 Å². The molecule has 2 nitrogen and oxygen atoms in total. The summed E-state index contributed by atoms with van der Waals surface area (Å²) in [4.78, 5) is 12.4. The van der Waals surface area contributed by atoms with Crippen molar-refractivity contribution in [1.29, 1.82) is 0 Å². The Kier molecular flexibility index (Phi) is 3.25. The first-order chi connectivity index (χ1) is 8.28. The van der Waals surface area contributed by atoms with Gasteiger partial charge in [-0.05, 0) is 62.2 Å². The number of hydrogen-bond acceptors (Lipinski definition) is 2. The quantitative estimate of drug-likeness (QED) is 0.686. The van der Waals surface area contributed by atoms with Gasteiger partial charge in [-0.3, -0.25) is 4.79 Å². The molecule has 4 bridgehead atoms. The first-order valence-corrected chi connectivity index (χ1v) is 7.29. The van der Waals surface area contributed by atoms with Crippen molar-refractivity contribution in [3.8, 4) is 0 Å². The summed E-state index contributed by atoms with van der Waals surface area (Å²) >= 11 is 0. The summed E-state index contributed by atoms with van der Waals surface area (Å²) in [5, 5.41) is 0. The van der Waals surface area contributed by atoms with Crippen LogP contribution in [0, 0.1) is 29.6 Å². The van der Waals surface area contributed by atoms with E-state index in [1.807, 2.05) is 0 Å². The van der Waals surface area contributed by atoms with Gasteiger partial charge in [0, 0.05) is 26.1 Å². The van der Waals surface area contributed by atoms with Crippen LogP contribution in [0.25, 0.3) is 0 Å². The molecule has 0 atom stereocenters. The van der Waals surface area contributed by atoms with Gasteiger partial charge in [0.05, 0.1) is 0 Å². The number of Topliss-reactive ketones (excluding diaryl/α,β-unsaturated/α-hetero) is 1. The van der Waals surface area contributed by atoms with E-state index in [1.165, 1.54) is 32.1 Å². The van der Waals surface area contributed by atoms with Crippen molar-refractivity contribution < 1.29 is 9.53 Å². The molecule has 0 aromatic carbocycles. The van der Waals surface area contributed by atoms with E-state index in [9.17, 15) is 4.79 Å². The number of ketones is 1. The lowest BCUT2D eigenvalue weighted by atomic mass is 9.51. The van der Waals surface area contributed by atoms with Gasteiger partial charge in [0.1, 0.15) is 5.78 Å². The molecule has 0 aromatic heterocycles. The Hall–Kier alpha value is -0.370. The van der Waals surface area contributed by atoms with Crippen molar-refractivity contribution in [3.63, 3.8) is 0 Å². The summed E-state index contributed by atoms with van der Waals surface area (Å²) < 4.78 is 5.05. The van der Waals surface area contributed by atoms with Crippen molar-refractivity contribution in [1.82, 2.24) is 0 Å². The molecule has 4 aliphatic rings. The fourth-order valence-electron chi connectivity index (χ4n) is 5.01. The second kappa shape index (κ2) is 4.72. The van der Waals surface area contributed by atoms with Crippen molar-refractivity contribution in [2.24, 2.45) is 29.6 Å². The predicted octanol–water partition coefficient (Wildman–Crippen LogP) is 3.05. The van der Waals surface area contributed by atoms with Crippen LogP contribution in [-0.4, -0.2) is 19.5 Å². The molecule has 0 aromatic rings. The van der Waals surface area contributed by atoms with Crippen LogP contribution >= 0.6 is 0 Å². The summed E-state index contributed by atoms with van der Waals surface area (Å²) in [6.07, 6.45) is 8.55. The highest BCUT2D eigenvalue weighted by atomic mass is 16.5. The standard InChI is InChI=1S/C15H24O2/c1-17-4-2-3-14(16)15-12-6-10-5-11(8-12)9-13(15)7-10/h10-13,15H,2-9H2,1H3. The first-order valence-electron chi connectivity index (χ1n) is 7.29. The second-order valence-electron chi connectivity index (χ2n) is 6.52. The van der Waals surface area contributed by atoms with Crippen LogP contribution in [0.5, 0.6) is 0 Å². The van der Waals surface area contributed by atoms with E-state index in [-0.39, 0.29) is 0 Å². The molecule has 4 aliphatic carbocycles. The number of rotatable bonds is 5. The number of hydrogen-bond donors (Lipinski definition) is 0. The van der Waals surface area contributed by atoms with Gasteiger partial charge in [-0.25, -0.2) is 0 Å². The average Bonchev–Trinajstić information content (AvgIpc) is 2.27. The third-order valence-corrected chi connectivity index (χ3v) is 5.37. The molecule has 96 valence electrons. The molecule has 0 unspecified atom stereocenters. The average molecular weight is 236 g/mol. The maximum Gasteiger partial charge on any atom is 0.136 e. The van der Waals surface area contributed by atoms with Gasteiger partial charge < -0.3 is 4.74 Å². The van der Waals surface area contributed by atoms with Crippen LogP contribution in [0.15, 0.2) is 0 Å². The van der Waals surface area contributed by atoms with E-state index >= 15 is 0 Å². The summed E-state index contributed by atoms with van der Waals surface area (Å²) in [6, 6.07) is 0. The van der Waals surface area contributed by atoms with Gasteiger partial charge >= 0.3 is 0 Å². The Morgan fingerprint density at radius 1 is 1.06 bits per heavy atom. The van der Waals surface area contributed by atoms with Crippen molar-refractivity contribution in [2.75, 3.05) is 13.7 Å². The topological polar surface area (TPSA) is 26.3 Å². The molecule has 4 fully saturated rings. The minimum absolute atomic E-state index is 0.430. The molecule has 0 aliphatic heterocycles. The fourth-order valence-corrected chi connectivity index (χ4v) is 5.01. The van der Waals surface area contributed by atoms with Crippen molar-refractivity contribution in [3.05, 3.63) is 0 Å². The van der Waals surface area contributed by atoms with Crippen LogP contribution in [0.3, 0.4) is 0 Å². The molecule has 4 rings (SSSR count). The Morgan fingerprint density at radius 2 is 1.65 bits per heavy atom. The number of methoxy groups -OCH3 is 1. The van der Waals surface area contributed by atoms with Gasteiger partial charge in [0.15, 0.2) is 0 Å². The molecular weight excluding hydrogens is 212 g/mol. The van der Waals surface area contributed by atoms with E-state index in [0.29, 0.717) is 11.7 Å². The summed E-state index contributed by atoms with van der Waals surface area (Å²) in [7, 11) is 1.72. The molecule has 0 saturated heterocycles. The summed E-state index contributed by atoms with van der Waals surface area (Å²) in [6.45, 7) is 0.735. The van der Waals surface area contributed by atoms with Gasteiger partial charge in [-0.1, -0.05) is 0 Å². The number of carbonyl (C=O) groups excluding carboxylic acids is 1. The molecule has 0 N–H and O–H groups in total. The Morgan fingerprint density at radius 3 is 2.18 bits per heavy atom. The van der Waals surface area contributed by atoms with Gasteiger partial charge in [0.2, 0.25) is 0 Å². The van der Waals surface area contributed by atoms with E-state index in [0.717, 1.165) is 43.1 Å². The molecule has 4 saturated carbocycles. The Balaban J connectivity index is 1.61. The zero-order valence-electron chi connectivity index (χ0n) is 10.9. The van der Waals surface area contributed by atoms with Gasteiger partial charge in [-0.2, -0.15) is 0 Å². The van der Waals surface area contributed by atoms with E-state index < -0.39 is 0 Å². The third-order valence-electron chi connectivity index (χ3n) is 5.37. The molecule has 2 heteroatoms. The predicted molar refractivity (Wildman–Crippen MR) is 66.7 cm³/mol. The van der Waals surface area contributed by atoms with Crippen molar-refractivity contribution in [2.45, 2.75) is 44.9 Å². The molecule has 0 heterocycles. The zero-order chi connectivity index (χ0) is 11.8.